The van der Waals surface area contributed by atoms with Gasteiger partial charge in [0.1, 0.15) is 5.92 Å². The number of nitro groups is 1. The minimum atomic E-state index is -4.21. The van der Waals surface area contributed by atoms with Crippen molar-refractivity contribution in [3.05, 3.63) is 82.4 Å². The molecular weight excluding hydrogens is 470 g/mol. The number of nitro benzene ring substituents is 1. The molecular formula is C25H27N3O6S. The SMILES string of the molecule is CCN(CC)C(=O)C(CCc1ccc([N+](=O)[O-])cc1)C(=O)NS(=O)(=O)c1ccc2ccccc2c1. The fraction of sp³-hybridized carbons (Fsp3) is 0.280. The number of fused-ring (bicyclic) bond motifs is 1. The molecule has 1 atom stereocenters. The predicted octanol–water partition coefficient (Wildman–Crippen LogP) is 3.67. The molecule has 0 aromatic heterocycles. The maximum Gasteiger partial charge on any atom is 0.269 e. The number of carbonyl (C=O) groups is 2. The lowest BCUT2D eigenvalue weighted by atomic mass is 9.97. The monoisotopic (exact) mass is 497 g/mol. The first-order chi connectivity index (χ1) is 16.7. The number of sulfonamides is 1. The van der Waals surface area contributed by atoms with Crippen LogP contribution in [0, 0.1) is 16.0 Å². The molecule has 9 nitrogen and oxygen atoms in total. The van der Waals surface area contributed by atoms with Crippen LogP contribution in [0.5, 0.6) is 0 Å². The van der Waals surface area contributed by atoms with Gasteiger partial charge in [-0.15, -0.1) is 0 Å². The highest BCUT2D eigenvalue weighted by molar-refractivity contribution is 7.90. The first-order valence-corrected chi connectivity index (χ1v) is 12.7. The molecule has 0 aliphatic rings. The molecule has 3 rings (SSSR count). The molecule has 0 aliphatic heterocycles. The molecule has 35 heavy (non-hydrogen) atoms. The maximum atomic E-state index is 13.1. The van der Waals surface area contributed by atoms with Crippen molar-refractivity contribution in [3.8, 4) is 0 Å². The van der Waals surface area contributed by atoms with E-state index in [0.29, 0.717) is 24.0 Å². The number of hydrogen-bond donors (Lipinski definition) is 1. The Kier molecular flexibility index (Phi) is 8.18. The average Bonchev–Trinajstić information content (AvgIpc) is 2.84. The molecule has 2 amide bonds. The van der Waals surface area contributed by atoms with Crippen LogP contribution in [0.2, 0.25) is 0 Å². The van der Waals surface area contributed by atoms with Gasteiger partial charge in [0.05, 0.1) is 9.82 Å². The van der Waals surface area contributed by atoms with Crippen LogP contribution in [0.1, 0.15) is 25.8 Å². The Morgan fingerprint density at radius 1 is 0.971 bits per heavy atom. The molecule has 10 heteroatoms. The third-order valence-corrected chi connectivity index (χ3v) is 7.17. The van der Waals surface area contributed by atoms with Gasteiger partial charge in [0, 0.05) is 25.2 Å². The summed E-state index contributed by atoms with van der Waals surface area (Å²) in [4.78, 5) is 38.0. The van der Waals surface area contributed by atoms with Crippen LogP contribution < -0.4 is 4.72 Å². The fourth-order valence-electron chi connectivity index (χ4n) is 3.81. The van der Waals surface area contributed by atoms with Crippen molar-refractivity contribution < 1.29 is 22.9 Å². The number of benzene rings is 3. The van der Waals surface area contributed by atoms with Gasteiger partial charge >= 0.3 is 0 Å². The molecule has 1 N–H and O–H groups in total. The van der Waals surface area contributed by atoms with E-state index in [1.807, 2.05) is 12.1 Å². The summed E-state index contributed by atoms with van der Waals surface area (Å²) in [6.07, 6.45) is 0.311. The summed E-state index contributed by atoms with van der Waals surface area (Å²) in [6, 6.07) is 17.6. The Bertz CT molecular complexity index is 1330. The minimum Gasteiger partial charge on any atom is -0.343 e. The Morgan fingerprint density at radius 2 is 1.60 bits per heavy atom. The molecule has 0 radical (unpaired) electrons. The van der Waals surface area contributed by atoms with Crippen LogP contribution in [0.3, 0.4) is 0 Å². The minimum absolute atomic E-state index is 0.0478. The van der Waals surface area contributed by atoms with Crippen LogP contribution in [-0.2, 0) is 26.0 Å². The lowest BCUT2D eigenvalue weighted by Crippen LogP contribution is -2.45. The second kappa shape index (κ2) is 11.1. The molecule has 0 saturated carbocycles. The number of carbonyl (C=O) groups excluding carboxylic acids is 2. The van der Waals surface area contributed by atoms with E-state index in [9.17, 15) is 28.1 Å². The van der Waals surface area contributed by atoms with Gasteiger partial charge in [-0.25, -0.2) is 13.1 Å². The molecule has 0 aliphatic carbocycles. The molecule has 184 valence electrons. The highest BCUT2D eigenvalue weighted by Crippen LogP contribution is 2.21. The number of hydrogen-bond acceptors (Lipinski definition) is 6. The van der Waals surface area contributed by atoms with E-state index in [0.717, 1.165) is 5.39 Å². The van der Waals surface area contributed by atoms with Crippen LogP contribution in [0.4, 0.5) is 5.69 Å². The molecule has 0 saturated heterocycles. The summed E-state index contributed by atoms with van der Waals surface area (Å²) in [6.45, 7) is 4.29. The van der Waals surface area contributed by atoms with Crippen molar-refractivity contribution in [2.45, 2.75) is 31.6 Å². The highest BCUT2D eigenvalue weighted by Gasteiger charge is 2.32. The summed E-state index contributed by atoms with van der Waals surface area (Å²) in [5, 5.41) is 12.4. The second-order valence-corrected chi connectivity index (χ2v) is 9.69. The first-order valence-electron chi connectivity index (χ1n) is 11.2. The quantitative estimate of drug-likeness (QED) is 0.259. The highest BCUT2D eigenvalue weighted by atomic mass is 32.2. The van der Waals surface area contributed by atoms with Gasteiger partial charge in [0.15, 0.2) is 0 Å². The van der Waals surface area contributed by atoms with Crippen LogP contribution in [0.25, 0.3) is 10.8 Å². The van der Waals surface area contributed by atoms with Gasteiger partial charge in [-0.3, -0.25) is 19.7 Å². The van der Waals surface area contributed by atoms with Crippen molar-refractivity contribution in [3.63, 3.8) is 0 Å². The number of amides is 2. The van der Waals surface area contributed by atoms with Gasteiger partial charge in [-0.2, -0.15) is 0 Å². The topological polar surface area (TPSA) is 127 Å². The Morgan fingerprint density at radius 3 is 2.20 bits per heavy atom. The van der Waals surface area contributed by atoms with Crippen LogP contribution >= 0.6 is 0 Å². The van der Waals surface area contributed by atoms with E-state index in [1.54, 1.807) is 44.2 Å². The van der Waals surface area contributed by atoms with E-state index in [4.69, 9.17) is 0 Å². The summed E-state index contributed by atoms with van der Waals surface area (Å²) in [7, 11) is -4.21. The lowest BCUT2D eigenvalue weighted by molar-refractivity contribution is -0.384. The van der Waals surface area contributed by atoms with Crippen molar-refractivity contribution in [1.82, 2.24) is 9.62 Å². The van der Waals surface area contributed by atoms with Gasteiger partial charge < -0.3 is 4.90 Å². The average molecular weight is 498 g/mol. The van der Waals surface area contributed by atoms with E-state index >= 15 is 0 Å². The summed E-state index contributed by atoms with van der Waals surface area (Å²) in [5.41, 5.74) is 0.627. The largest absolute Gasteiger partial charge is 0.343 e. The predicted molar refractivity (Wildman–Crippen MR) is 132 cm³/mol. The zero-order chi connectivity index (χ0) is 25.6. The van der Waals surface area contributed by atoms with E-state index < -0.39 is 32.7 Å². The smallest absolute Gasteiger partial charge is 0.269 e. The summed E-state index contributed by atoms with van der Waals surface area (Å²) in [5.74, 6) is -2.61. The van der Waals surface area contributed by atoms with Crippen molar-refractivity contribution >= 4 is 38.3 Å². The molecule has 3 aromatic rings. The number of nitrogens with zero attached hydrogens (tertiary/aromatic N) is 2. The summed E-state index contributed by atoms with van der Waals surface area (Å²) < 4.78 is 28.0. The van der Waals surface area contributed by atoms with Crippen LogP contribution in [-0.4, -0.2) is 43.1 Å². The van der Waals surface area contributed by atoms with E-state index in [-0.39, 0.29) is 23.4 Å². The van der Waals surface area contributed by atoms with Crippen molar-refractivity contribution in [1.29, 1.82) is 0 Å². The Hall–Kier alpha value is -3.79. The molecule has 0 spiro atoms. The standard InChI is InChI=1S/C25H27N3O6S/c1-3-27(4-2)25(30)23(16-11-18-9-13-21(14-10-18)28(31)32)24(29)26-35(33,34)22-15-12-19-7-5-6-8-20(19)17-22/h5-10,12-15,17,23H,3-4,11,16H2,1-2H3,(H,26,29). The Balaban J connectivity index is 1.83. The van der Waals surface area contributed by atoms with Crippen molar-refractivity contribution in [2.75, 3.05) is 13.1 Å². The molecule has 3 aromatic carbocycles. The zero-order valence-electron chi connectivity index (χ0n) is 19.5. The second-order valence-electron chi connectivity index (χ2n) is 8.00. The van der Waals surface area contributed by atoms with E-state index in [2.05, 4.69) is 4.72 Å². The normalized spacial score (nSPS) is 12.2. The molecule has 0 bridgehead atoms. The number of non-ortho nitro benzene ring substituents is 1. The lowest BCUT2D eigenvalue weighted by Gasteiger charge is -2.24. The van der Waals surface area contributed by atoms with E-state index in [1.165, 1.54) is 29.2 Å². The Labute approximate surface area is 204 Å². The third kappa shape index (κ3) is 6.21. The molecule has 1 unspecified atom stereocenters. The van der Waals surface area contributed by atoms with Gasteiger partial charge in [0.2, 0.25) is 11.8 Å². The third-order valence-electron chi connectivity index (χ3n) is 5.82. The van der Waals surface area contributed by atoms with Gasteiger partial charge in [-0.1, -0.05) is 42.5 Å². The molecule has 0 fully saturated rings. The zero-order valence-corrected chi connectivity index (χ0v) is 20.3. The number of nitrogens with one attached hydrogen (secondary N) is 1. The van der Waals surface area contributed by atoms with Crippen LogP contribution in [0.15, 0.2) is 71.6 Å². The maximum absolute atomic E-state index is 13.1. The number of rotatable bonds is 10. The number of aryl methyl sites for hydroxylation is 1. The summed E-state index contributed by atoms with van der Waals surface area (Å²) >= 11 is 0. The molecule has 0 heterocycles. The fourth-order valence-corrected chi connectivity index (χ4v) is 4.87. The van der Waals surface area contributed by atoms with Gasteiger partial charge in [-0.05, 0) is 55.2 Å². The van der Waals surface area contributed by atoms with Gasteiger partial charge in [0.25, 0.3) is 15.7 Å². The first kappa shape index (κ1) is 25.8. The van der Waals surface area contributed by atoms with Crippen molar-refractivity contribution in [2.24, 2.45) is 5.92 Å².